The van der Waals surface area contributed by atoms with Crippen LogP contribution in [0.25, 0.3) is 22.2 Å². The normalized spacial score (nSPS) is 15.4. The fraction of sp³-hybridized carbons (Fsp3) is 0.412. The van der Waals surface area contributed by atoms with Gasteiger partial charge in [-0.2, -0.15) is 4.99 Å². The van der Waals surface area contributed by atoms with Gasteiger partial charge in [-0.05, 0) is 76.7 Å². The maximum atomic E-state index is 11.0. The van der Waals surface area contributed by atoms with Crippen LogP contribution in [0.15, 0.2) is 64.5 Å². The van der Waals surface area contributed by atoms with E-state index in [4.69, 9.17) is 5.73 Å². The third kappa shape index (κ3) is 9.97. The zero-order chi connectivity index (χ0) is 33.6. The van der Waals surface area contributed by atoms with Gasteiger partial charge >= 0.3 is 0 Å². The Balaban J connectivity index is 0.000000195. The molecule has 250 valence electrons. The quantitative estimate of drug-likeness (QED) is 0.107. The number of aldehydes is 1. The first-order chi connectivity index (χ1) is 22.8. The molecule has 2 aliphatic rings. The summed E-state index contributed by atoms with van der Waals surface area (Å²) in [6.07, 6.45) is 14.2. The maximum absolute atomic E-state index is 11.0. The number of para-hydroxylation sites is 1. The minimum Gasteiger partial charge on any atom is -0.392 e. The summed E-state index contributed by atoms with van der Waals surface area (Å²) in [5.74, 6) is 1.49. The molecule has 0 aliphatic carbocycles. The van der Waals surface area contributed by atoms with Crippen molar-refractivity contribution < 1.29 is 4.79 Å². The van der Waals surface area contributed by atoms with Gasteiger partial charge < -0.3 is 36.0 Å². The topological polar surface area (TPSA) is 173 Å². The minimum absolute atomic E-state index is 0.0735. The highest BCUT2D eigenvalue weighted by Crippen LogP contribution is 2.33. The number of aryl methyl sites for hydroxylation is 1. The van der Waals surface area contributed by atoms with Crippen molar-refractivity contribution in [1.82, 2.24) is 35.1 Å². The molecule has 13 heteroatoms. The van der Waals surface area contributed by atoms with Crippen molar-refractivity contribution in [2.45, 2.75) is 46.0 Å². The first-order valence-electron chi connectivity index (χ1n) is 16.1. The van der Waals surface area contributed by atoms with Gasteiger partial charge in [-0.15, -0.1) is 0 Å². The predicted molar refractivity (Wildman–Crippen MR) is 190 cm³/mol. The van der Waals surface area contributed by atoms with Crippen LogP contribution in [-0.2, 0) is 4.79 Å². The molecular weight excluding hydrogens is 594 g/mol. The lowest BCUT2D eigenvalue weighted by Gasteiger charge is -2.27. The number of fused-ring (bicyclic) bond motifs is 1. The minimum atomic E-state index is -0.0735. The predicted octanol–water partition coefficient (Wildman–Crippen LogP) is 4.13. The van der Waals surface area contributed by atoms with Crippen LogP contribution in [0.4, 0.5) is 17.5 Å². The van der Waals surface area contributed by atoms with Crippen LogP contribution in [0.5, 0.6) is 0 Å². The SMILES string of the molecule is CN/C(C)=C\C(N)=N/c1ncc(C)c(-c2c[nH]c3c(NC)cccc23)n1.O=CCN1CCCC1.O=c1cc(N2CCCCC2)nc[nH]1. The summed E-state index contributed by atoms with van der Waals surface area (Å²) < 4.78 is 0. The number of aliphatic imine (C=N–C) groups is 1. The third-order valence-electron chi connectivity index (χ3n) is 8.06. The van der Waals surface area contributed by atoms with Crippen LogP contribution in [0.2, 0.25) is 0 Å². The van der Waals surface area contributed by atoms with Crippen molar-refractivity contribution in [3.63, 3.8) is 0 Å². The molecule has 47 heavy (non-hydrogen) atoms. The number of allylic oxidation sites excluding steroid dienone is 1. The van der Waals surface area contributed by atoms with Gasteiger partial charge in [-0.1, -0.05) is 12.1 Å². The summed E-state index contributed by atoms with van der Waals surface area (Å²) in [5, 5.41) is 7.29. The molecule has 2 fully saturated rings. The number of hydrogen-bond donors (Lipinski definition) is 5. The van der Waals surface area contributed by atoms with Gasteiger partial charge in [0.2, 0.25) is 0 Å². The number of hydrogen-bond acceptors (Lipinski definition) is 10. The number of benzene rings is 1. The monoisotopic (exact) mass is 641 g/mol. The molecule has 0 amide bonds. The number of amidine groups is 1. The Bertz CT molecular complexity index is 1710. The molecule has 0 unspecified atom stereocenters. The number of aromatic nitrogens is 5. The average Bonchev–Trinajstić information content (AvgIpc) is 3.77. The molecular formula is C34H47N11O2. The Hall–Kier alpha value is -5.04. The van der Waals surface area contributed by atoms with Crippen molar-refractivity contribution in [3.05, 3.63) is 70.7 Å². The van der Waals surface area contributed by atoms with Crippen molar-refractivity contribution in [3.8, 4) is 11.3 Å². The highest BCUT2D eigenvalue weighted by atomic mass is 16.1. The van der Waals surface area contributed by atoms with E-state index in [0.717, 1.165) is 77.4 Å². The number of anilines is 2. The van der Waals surface area contributed by atoms with E-state index in [2.05, 4.69) is 56.4 Å². The Morgan fingerprint density at radius 2 is 1.81 bits per heavy atom. The molecule has 1 aromatic carbocycles. The summed E-state index contributed by atoms with van der Waals surface area (Å²) in [7, 11) is 3.73. The molecule has 13 nitrogen and oxygen atoms in total. The van der Waals surface area contributed by atoms with E-state index in [1.54, 1.807) is 18.3 Å². The number of aromatic amines is 2. The number of carbonyl (C=O) groups is 1. The molecule has 2 aliphatic heterocycles. The lowest BCUT2D eigenvalue weighted by molar-refractivity contribution is -0.108. The number of nitrogens with one attached hydrogen (secondary N) is 4. The molecule has 6 N–H and O–H groups in total. The van der Waals surface area contributed by atoms with Crippen LogP contribution < -0.4 is 26.8 Å². The highest BCUT2D eigenvalue weighted by Gasteiger charge is 2.14. The smallest absolute Gasteiger partial charge is 0.252 e. The first kappa shape index (κ1) is 34.8. The van der Waals surface area contributed by atoms with Crippen LogP contribution in [0.3, 0.4) is 0 Å². The Morgan fingerprint density at radius 3 is 2.49 bits per heavy atom. The van der Waals surface area contributed by atoms with E-state index < -0.39 is 0 Å². The van der Waals surface area contributed by atoms with Crippen molar-refractivity contribution >= 4 is 40.5 Å². The highest BCUT2D eigenvalue weighted by molar-refractivity contribution is 6.01. The number of carbonyl (C=O) groups excluding carboxylic acids is 1. The molecule has 0 bridgehead atoms. The molecule has 0 spiro atoms. The van der Waals surface area contributed by atoms with Crippen molar-refractivity contribution in [2.75, 3.05) is 57.0 Å². The number of piperidine rings is 1. The second kappa shape index (κ2) is 17.6. The summed E-state index contributed by atoms with van der Waals surface area (Å²) in [6, 6.07) is 7.68. The Labute approximate surface area is 275 Å². The number of nitrogens with two attached hydrogens (primary N) is 1. The number of nitrogens with zero attached hydrogens (tertiary/aromatic N) is 6. The molecule has 0 radical (unpaired) electrons. The van der Waals surface area contributed by atoms with E-state index in [1.807, 2.05) is 46.3 Å². The second-order valence-corrected chi connectivity index (χ2v) is 11.5. The maximum Gasteiger partial charge on any atom is 0.252 e. The molecule has 5 heterocycles. The van der Waals surface area contributed by atoms with Gasteiger partial charge in [-0.3, -0.25) is 9.69 Å². The fourth-order valence-corrected chi connectivity index (χ4v) is 5.48. The van der Waals surface area contributed by atoms with Crippen molar-refractivity contribution in [1.29, 1.82) is 0 Å². The van der Waals surface area contributed by atoms with E-state index in [9.17, 15) is 9.59 Å². The number of rotatable bonds is 8. The largest absolute Gasteiger partial charge is 0.392 e. The summed E-state index contributed by atoms with van der Waals surface area (Å²) in [6.45, 7) is 8.83. The molecule has 2 saturated heterocycles. The van der Waals surface area contributed by atoms with E-state index in [1.165, 1.54) is 38.4 Å². The lowest BCUT2D eigenvalue weighted by atomic mass is 10.1. The molecule has 0 saturated carbocycles. The van der Waals surface area contributed by atoms with E-state index in [0.29, 0.717) is 18.3 Å². The zero-order valence-corrected chi connectivity index (χ0v) is 27.8. The van der Waals surface area contributed by atoms with Crippen LogP contribution in [-0.4, -0.2) is 88.8 Å². The van der Waals surface area contributed by atoms with Gasteiger partial charge in [-0.25, -0.2) is 15.0 Å². The number of H-pyrrole nitrogens is 2. The van der Waals surface area contributed by atoms with Crippen molar-refractivity contribution in [2.24, 2.45) is 10.7 Å². The Kier molecular flexibility index (Phi) is 13.0. The summed E-state index contributed by atoms with van der Waals surface area (Å²) >= 11 is 0. The standard InChI is InChI=1S/C19H23N7.C9H13N3O.C6H11NO/c1-11-9-24-19(25-16(20)8-12(2)21-3)26-17(11)14-10-23-18-13(14)6-5-7-15(18)22-4;13-9-6-8(10-7-11-9)12-4-2-1-3-5-12;8-6-5-7-3-1-2-4-7/h5-10,21-23H,1-4H3,(H2,20,24,25,26);6-7H,1-5H2,(H,10,11,13);6H,1-5H2/b12-8-;;. The molecule has 6 rings (SSSR count). The van der Waals surface area contributed by atoms with Crippen LogP contribution in [0.1, 0.15) is 44.6 Å². The van der Waals surface area contributed by atoms with Gasteiger partial charge in [0.1, 0.15) is 17.9 Å². The van der Waals surface area contributed by atoms with Crippen LogP contribution in [0, 0.1) is 6.92 Å². The van der Waals surface area contributed by atoms with Gasteiger partial charge in [0.05, 0.1) is 29.8 Å². The fourth-order valence-electron chi connectivity index (χ4n) is 5.48. The Morgan fingerprint density at radius 1 is 1.06 bits per heavy atom. The lowest BCUT2D eigenvalue weighted by Crippen LogP contribution is -2.31. The van der Waals surface area contributed by atoms with E-state index in [-0.39, 0.29) is 5.56 Å². The van der Waals surface area contributed by atoms with Gasteiger partial charge in [0, 0.05) is 62.3 Å². The van der Waals surface area contributed by atoms with Crippen LogP contribution >= 0.6 is 0 Å². The molecule has 3 aromatic heterocycles. The molecule has 4 aromatic rings. The molecule has 0 atom stereocenters. The first-order valence-corrected chi connectivity index (χ1v) is 16.1. The summed E-state index contributed by atoms with van der Waals surface area (Å²) in [4.78, 5) is 48.5. The van der Waals surface area contributed by atoms with E-state index >= 15 is 0 Å². The van der Waals surface area contributed by atoms with Gasteiger partial charge in [0.25, 0.3) is 11.5 Å². The second-order valence-electron chi connectivity index (χ2n) is 11.5. The number of likely N-dealkylation sites (tertiary alicyclic amines) is 1. The third-order valence-corrected chi connectivity index (χ3v) is 8.06. The average molecular weight is 642 g/mol. The van der Waals surface area contributed by atoms with Gasteiger partial charge in [0.15, 0.2) is 0 Å². The zero-order valence-electron chi connectivity index (χ0n) is 27.8. The summed E-state index contributed by atoms with van der Waals surface area (Å²) in [5.41, 5.74) is 11.7.